The van der Waals surface area contributed by atoms with Gasteiger partial charge in [-0.2, -0.15) is 0 Å². The van der Waals surface area contributed by atoms with E-state index in [2.05, 4.69) is 5.32 Å². The van der Waals surface area contributed by atoms with Crippen molar-refractivity contribution in [2.24, 2.45) is 5.92 Å². The van der Waals surface area contributed by atoms with Gasteiger partial charge in [-0.1, -0.05) is 13.8 Å². The number of amides is 3. The molecule has 0 saturated carbocycles. The number of rotatable bonds is 7. The van der Waals surface area contributed by atoms with Crippen LogP contribution in [-0.4, -0.2) is 37.7 Å². The van der Waals surface area contributed by atoms with Gasteiger partial charge < -0.3 is 14.8 Å². The summed E-state index contributed by atoms with van der Waals surface area (Å²) in [6.45, 7) is 6.25. The molecule has 0 saturated heterocycles. The minimum atomic E-state index is -0.693. The van der Waals surface area contributed by atoms with Crippen molar-refractivity contribution < 1.29 is 23.9 Å². The number of hydrogen-bond acceptors (Lipinski definition) is 5. The van der Waals surface area contributed by atoms with E-state index in [1.807, 2.05) is 19.2 Å². The maximum Gasteiger partial charge on any atom is 0.338 e. The molecule has 0 spiro atoms. The quantitative estimate of drug-likeness (QED) is 0.746. The first-order valence-corrected chi connectivity index (χ1v) is 7.40. The van der Waals surface area contributed by atoms with E-state index in [0.29, 0.717) is 30.4 Å². The summed E-state index contributed by atoms with van der Waals surface area (Å²) in [5.74, 6) is -0.278. The van der Waals surface area contributed by atoms with E-state index < -0.39 is 24.5 Å². The van der Waals surface area contributed by atoms with Crippen molar-refractivity contribution in [1.29, 1.82) is 0 Å². The summed E-state index contributed by atoms with van der Waals surface area (Å²) < 4.78 is 10.3. The van der Waals surface area contributed by atoms with Crippen LogP contribution in [0.1, 0.15) is 31.1 Å². The van der Waals surface area contributed by atoms with E-state index in [9.17, 15) is 14.4 Å². The predicted molar refractivity (Wildman–Crippen MR) is 84.3 cm³/mol. The zero-order valence-corrected chi connectivity index (χ0v) is 13.5. The highest BCUT2D eigenvalue weighted by Gasteiger charge is 2.12. The van der Waals surface area contributed by atoms with Crippen LogP contribution in [0.25, 0.3) is 0 Å². The lowest BCUT2D eigenvalue weighted by Crippen LogP contribution is -2.41. The molecule has 1 aromatic rings. The van der Waals surface area contributed by atoms with Gasteiger partial charge in [0.15, 0.2) is 6.61 Å². The van der Waals surface area contributed by atoms with E-state index in [-0.39, 0.29) is 0 Å². The fourth-order valence-corrected chi connectivity index (χ4v) is 1.53. The van der Waals surface area contributed by atoms with Gasteiger partial charge in [-0.05, 0) is 37.1 Å². The van der Waals surface area contributed by atoms with Crippen LogP contribution in [0.4, 0.5) is 4.79 Å². The lowest BCUT2D eigenvalue weighted by Gasteiger charge is -2.09. The van der Waals surface area contributed by atoms with Crippen LogP contribution in [0.5, 0.6) is 5.75 Å². The minimum Gasteiger partial charge on any atom is -0.493 e. The van der Waals surface area contributed by atoms with Crippen LogP contribution in [0.2, 0.25) is 0 Å². The van der Waals surface area contributed by atoms with Crippen molar-refractivity contribution in [3.63, 3.8) is 0 Å². The molecule has 0 bridgehead atoms. The molecule has 0 aromatic heterocycles. The highest BCUT2D eigenvalue weighted by Crippen LogP contribution is 2.13. The molecule has 0 aliphatic rings. The Morgan fingerprint density at radius 1 is 1.13 bits per heavy atom. The number of benzene rings is 1. The fourth-order valence-electron chi connectivity index (χ4n) is 1.53. The second-order valence-electron chi connectivity index (χ2n) is 5.21. The largest absolute Gasteiger partial charge is 0.493 e. The zero-order chi connectivity index (χ0) is 17.2. The van der Waals surface area contributed by atoms with Crippen molar-refractivity contribution in [2.45, 2.75) is 20.8 Å². The van der Waals surface area contributed by atoms with Gasteiger partial charge in [-0.3, -0.25) is 10.1 Å². The Morgan fingerprint density at radius 2 is 1.78 bits per heavy atom. The highest BCUT2D eigenvalue weighted by molar-refractivity contribution is 5.97. The molecule has 126 valence electrons. The molecular weight excluding hydrogens is 300 g/mol. The Morgan fingerprint density at radius 3 is 2.35 bits per heavy atom. The lowest BCUT2D eigenvalue weighted by molar-refractivity contribution is -0.123. The van der Waals surface area contributed by atoms with Crippen LogP contribution >= 0.6 is 0 Å². The number of nitrogens with one attached hydrogen (secondary N) is 2. The normalized spacial score (nSPS) is 10.1. The lowest BCUT2D eigenvalue weighted by atomic mass is 10.2. The van der Waals surface area contributed by atoms with Crippen molar-refractivity contribution in [2.75, 3.05) is 19.8 Å². The highest BCUT2D eigenvalue weighted by atomic mass is 16.5. The summed E-state index contributed by atoms with van der Waals surface area (Å²) in [5, 5.41) is 4.43. The molecule has 2 N–H and O–H groups in total. The molecule has 0 radical (unpaired) electrons. The van der Waals surface area contributed by atoms with Crippen molar-refractivity contribution in [3.8, 4) is 5.75 Å². The third-order valence-electron chi connectivity index (χ3n) is 2.60. The molecule has 0 heterocycles. The standard InChI is InChI=1S/C16H22N2O5/c1-4-17-16(21)18-14(19)10-23-15(20)12-5-7-13(8-6-12)22-9-11(2)3/h5-8,11H,4,9-10H2,1-3H3,(H2,17,18,19,21). The Kier molecular flexibility index (Phi) is 7.59. The molecule has 0 aliphatic heterocycles. The van der Waals surface area contributed by atoms with Crippen LogP contribution in [0.3, 0.4) is 0 Å². The predicted octanol–water partition coefficient (Wildman–Crippen LogP) is 1.72. The van der Waals surface area contributed by atoms with Crippen LogP contribution in [0, 0.1) is 5.92 Å². The van der Waals surface area contributed by atoms with Crippen molar-refractivity contribution >= 4 is 17.9 Å². The van der Waals surface area contributed by atoms with E-state index in [0.717, 1.165) is 0 Å². The van der Waals surface area contributed by atoms with Crippen LogP contribution < -0.4 is 15.4 Å². The molecule has 0 atom stereocenters. The summed E-state index contributed by atoms with van der Waals surface area (Å²) in [6.07, 6.45) is 0. The molecule has 23 heavy (non-hydrogen) atoms. The van der Waals surface area contributed by atoms with E-state index in [1.165, 1.54) is 0 Å². The molecule has 3 amide bonds. The van der Waals surface area contributed by atoms with Gasteiger partial charge in [0.2, 0.25) is 0 Å². The van der Waals surface area contributed by atoms with Gasteiger partial charge in [0.1, 0.15) is 5.75 Å². The third kappa shape index (κ3) is 7.30. The summed E-state index contributed by atoms with van der Waals surface area (Å²) in [4.78, 5) is 34.3. The minimum absolute atomic E-state index is 0.299. The second-order valence-corrected chi connectivity index (χ2v) is 5.21. The van der Waals surface area contributed by atoms with E-state index in [1.54, 1.807) is 31.2 Å². The average molecular weight is 322 g/mol. The molecular formula is C16H22N2O5. The number of hydrogen-bond donors (Lipinski definition) is 2. The number of ether oxygens (including phenoxy) is 2. The zero-order valence-electron chi connectivity index (χ0n) is 13.5. The van der Waals surface area contributed by atoms with Gasteiger partial charge in [0.05, 0.1) is 12.2 Å². The first-order valence-electron chi connectivity index (χ1n) is 7.40. The van der Waals surface area contributed by atoms with Gasteiger partial charge in [0, 0.05) is 6.54 Å². The van der Waals surface area contributed by atoms with Crippen molar-refractivity contribution in [3.05, 3.63) is 29.8 Å². The molecule has 7 heteroatoms. The monoisotopic (exact) mass is 322 g/mol. The maximum absolute atomic E-state index is 11.8. The molecule has 1 aromatic carbocycles. The van der Waals surface area contributed by atoms with E-state index >= 15 is 0 Å². The molecule has 7 nitrogen and oxygen atoms in total. The third-order valence-corrected chi connectivity index (χ3v) is 2.60. The molecule has 0 fully saturated rings. The maximum atomic E-state index is 11.8. The topological polar surface area (TPSA) is 93.7 Å². The van der Waals surface area contributed by atoms with E-state index in [4.69, 9.17) is 9.47 Å². The number of imide groups is 1. The van der Waals surface area contributed by atoms with Crippen LogP contribution in [-0.2, 0) is 9.53 Å². The first-order chi connectivity index (χ1) is 10.9. The van der Waals surface area contributed by atoms with Crippen LogP contribution in [0.15, 0.2) is 24.3 Å². The first kappa shape index (κ1) is 18.5. The van der Waals surface area contributed by atoms with Gasteiger partial charge >= 0.3 is 12.0 Å². The molecule has 0 aliphatic carbocycles. The fraction of sp³-hybridized carbons (Fsp3) is 0.438. The number of esters is 1. The summed E-state index contributed by atoms with van der Waals surface area (Å²) in [6, 6.07) is 5.81. The number of carbonyl (C=O) groups is 3. The van der Waals surface area contributed by atoms with Gasteiger partial charge in [0.25, 0.3) is 5.91 Å². The Bertz CT molecular complexity index is 540. The smallest absolute Gasteiger partial charge is 0.338 e. The number of carbonyl (C=O) groups excluding carboxylic acids is 3. The molecule has 0 unspecified atom stereocenters. The summed E-state index contributed by atoms with van der Waals surface area (Å²) >= 11 is 0. The van der Waals surface area contributed by atoms with Gasteiger partial charge in [-0.25, -0.2) is 9.59 Å². The molecule has 1 rings (SSSR count). The van der Waals surface area contributed by atoms with Crippen molar-refractivity contribution in [1.82, 2.24) is 10.6 Å². The Labute approximate surface area is 135 Å². The SMILES string of the molecule is CCNC(=O)NC(=O)COC(=O)c1ccc(OCC(C)C)cc1. The Balaban J connectivity index is 2.42. The van der Waals surface area contributed by atoms with Gasteiger partial charge in [-0.15, -0.1) is 0 Å². The Hall–Kier alpha value is -2.57. The summed E-state index contributed by atoms with van der Waals surface area (Å²) in [5.41, 5.74) is 0.299. The average Bonchev–Trinajstić information content (AvgIpc) is 2.51. The number of urea groups is 1. The second kappa shape index (κ2) is 9.45. The summed E-state index contributed by atoms with van der Waals surface area (Å²) in [7, 11) is 0.